The minimum Gasteiger partial charge on any atom is -0.478 e. The van der Waals surface area contributed by atoms with Gasteiger partial charge in [0.1, 0.15) is 17.6 Å². The summed E-state index contributed by atoms with van der Waals surface area (Å²) in [4.78, 5) is 11.0. The van der Waals surface area contributed by atoms with Crippen molar-refractivity contribution in [2.24, 2.45) is 0 Å². The van der Waals surface area contributed by atoms with Gasteiger partial charge in [0.15, 0.2) is 0 Å². The van der Waals surface area contributed by atoms with Crippen LogP contribution in [0.1, 0.15) is 15.9 Å². The van der Waals surface area contributed by atoms with Crippen LogP contribution in [-0.4, -0.2) is 11.1 Å². The molecule has 0 heterocycles. The van der Waals surface area contributed by atoms with Crippen molar-refractivity contribution in [3.63, 3.8) is 0 Å². The topological polar surface area (TPSA) is 70.3 Å². The molecule has 0 saturated carbocycles. The second kappa shape index (κ2) is 5.83. The van der Waals surface area contributed by atoms with Crippen LogP contribution in [0.4, 0.5) is 0 Å². The molecule has 0 atom stereocenters. The summed E-state index contributed by atoms with van der Waals surface area (Å²) in [6.07, 6.45) is 0. The van der Waals surface area contributed by atoms with Crippen molar-refractivity contribution >= 4 is 29.2 Å². The van der Waals surface area contributed by atoms with Gasteiger partial charge in [-0.2, -0.15) is 5.26 Å². The van der Waals surface area contributed by atoms with Crippen LogP contribution in [0.2, 0.25) is 10.0 Å². The largest absolute Gasteiger partial charge is 0.478 e. The molecule has 0 fully saturated rings. The summed E-state index contributed by atoms with van der Waals surface area (Å²) in [6.45, 7) is 0. The molecule has 2 aromatic rings. The van der Waals surface area contributed by atoms with E-state index in [2.05, 4.69) is 0 Å². The van der Waals surface area contributed by atoms with E-state index in [0.29, 0.717) is 15.8 Å². The number of carboxylic acid groups (broad SMARTS) is 1. The van der Waals surface area contributed by atoms with Crippen LogP contribution in [0.15, 0.2) is 36.4 Å². The molecule has 0 unspecified atom stereocenters. The van der Waals surface area contributed by atoms with Gasteiger partial charge >= 0.3 is 5.97 Å². The third-order valence-corrected chi connectivity index (χ3v) is 2.99. The van der Waals surface area contributed by atoms with Crippen LogP contribution in [0.3, 0.4) is 0 Å². The molecule has 2 rings (SSSR count). The molecule has 6 heteroatoms. The zero-order valence-corrected chi connectivity index (χ0v) is 11.4. The Kier molecular flexibility index (Phi) is 4.14. The predicted molar refractivity (Wildman–Crippen MR) is 74.7 cm³/mol. The van der Waals surface area contributed by atoms with Crippen LogP contribution >= 0.6 is 23.2 Å². The zero-order valence-electron chi connectivity index (χ0n) is 9.93. The first-order chi connectivity index (χ1) is 9.51. The highest BCUT2D eigenvalue weighted by molar-refractivity contribution is 6.35. The number of hydrogen-bond acceptors (Lipinski definition) is 3. The van der Waals surface area contributed by atoms with E-state index in [1.165, 1.54) is 24.3 Å². The van der Waals surface area contributed by atoms with E-state index in [4.69, 9.17) is 38.3 Å². The summed E-state index contributed by atoms with van der Waals surface area (Å²) in [5.41, 5.74) is -0.0675. The molecule has 0 spiro atoms. The minimum absolute atomic E-state index is 0.0621. The summed E-state index contributed by atoms with van der Waals surface area (Å²) < 4.78 is 5.49. The second-order valence-electron chi connectivity index (χ2n) is 3.80. The quantitative estimate of drug-likeness (QED) is 0.914. The van der Waals surface area contributed by atoms with E-state index in [1.54, 1.807) is 18.2 Å². The van der Waals surface area contributed by atoms with E-state index in [0.717, 1.165) is 0 Å². The molecule has 0 saturated heterocycles. The number of aromatic carboxylic acids is 1. The molecule has 100 valence electrons. The number of halogens is 2. The molecule has 2 aromatic carbocycles. The van der Waals surface area contributed by atoms with Gasteiger partial charge in [-0.3, -0.25) is 0 Å². The molecular formula is C14H7Cl2NO3. The van der Waals surface area contributed by atoms with Crippen molar-refractivity contribution in [1.29, 1.82) is 5.26 Å². The maximum atomic E-state index is 11.0. The summed E-state index contributed by atoms with van der Waals surface area (Å²) in [5, 5.41) is 18.6. The molecule has 0 radical (unpaired) electrons. The highest BCUT2D eigenvalue weighted by atomic mass is 35.5. The Bertz CT molecular complexity index is 723. The Balaban J connectivity index is 2.37. The molecular weight excluding hydrogens is 301 g/mol. The number of nitrogens with zero attached hydrogens (tertiary/aromatic N) is 1. The van der Waals surface area contributed by atoms with E-state index in [1.807, 2.05) is 0 Å². The summed E-state index contributed by atoms with van der Waals surface area (Å²) in [7, 11) is 0. The molecule has 1 N–H and O–H groups in total. The number of rotatable bonds is 3. The van der Waals surface area contributed by atoms with Crippen molar-refractivity contribution in [2.75, 3.05) is 0 Å². The maximum Gasteiger partial charge on any atom is 0.337 e. The smallest absolute Gasteiger partial charge is 0.337 e. The number of carbonyl (C=O) groups is 1. The average Bonchev–Trinajstić information content (AvgIpc) is 2.41. The van der Waals surface area contributed by atoms with Crippen molar-refractivity contribution in [3.8, 4) is 17.6 Å². The standard InChI is InChI=1S/C14H7Cl2NO3/c15-9-2-4-13(12(16)5-9)20-10-3-1-8(7-17)11(6-10)14(18)19/h1-6H,(H,18,19). The second-order valence-corrected chi connectivity index (χ2v) is 4.64. The van der Waals surface area contributed by atoms with Gasteiger partial charge in [-0.15, -0.1) is 0 Å². The lowest BCUT2D eigenvalue weighted by atomic mass is 10.1. The van der Waals surface area contributed by atoms with Gasteiger partial charge in [-0.25, -0.2) is 4.79 Å². The SMILES string of the molecule is N#Cc1ccc(Oc2ccc(Cl)cc2Cl)cc1C(=O)O. The van der Waals surface area contributed by atoms with Crippen molar-refractivity contribution in [2.45, 2.75) is 0 Å². The molecule has 0 bridgehead atoms. The maximum absolute atomic E-state index is 11.0. The first kappa shape index (κ1) is 14.2. The molecule has 4 nitrogen and oxygen atoms in total. The molecule has 0 aliphatic rings. The first-order valence-corrected chi connectivity index (χ1v) is 6.17. The van der Waals surface area contributed by atoms with E-state index >= 15 is 0 Å². The summed E-state index contributed by atoms with van der Waals surface area (Å²) >= 11 is 11.7. The van der Waals surface area contributed by atoms with Crippen molar-refractivity contribution < 1.29 is 14.6 Å². The molecule has 0 amide bonds. The predicted octanol–water partition coefficient (Wildman–Crippen LogP) is 4.36. The van der Waals surface area contributed by atoms with Crippen molar-refractivity contribution in [1.82, 2.24) is 0 Å². The van der Waals surface area contributed by atoms with Crippen molar-refractivity contribution in [3.05, 3.63) is 57.6 Å². The fourth-order valence-corrected chi connectivity index (χ4v) is 1.99. The molecule has 0 aliphatic carbocycles. The van der Waals surface area contributed by atoms with Gasteiger partial charge in [0.05, 0.1) is 16.1 Å². The highest BCUT2D eigenvalue weighted by Crippen LogP contribution is 2.32. The third kappa shape index (κ3) is 3.02. The number of carboxylic acids is 1. The fraction of sp³-hybridized carbons (Fsp3) is 0. The highest BCUT2D eigenvalue weighted by Gasteiger charge is 2.12. The van der Waals surface area contributed by atoms with E-state index in [9.17, 15) is 4.79 Å². The number of hydrogen-bond donors (Lipinski definition) is 1. The van der Waals surface area contributed by atoms with E-state index in [-0.39, 0.29) is 16.9 Å². The van der Waals surface area contributed by atoms with Gasteiger partial charge in [0, 0.05) is 5.02 Å². The Morgan fingerprint density at radius 3 is 2.55 bits per heavy atom. The van der Waals surface area contributed by atoms with Crippen LogP contribution in [0.25, 0.3) is 0 Å². The lowest BCUT2D eigenvalue weighted by Gasteiger charge is -2.09. The molecule has 0 aromatic heterocycles. The molecule has 20 heavy (non-hydrogen) atoms. The van der Waals surface area contributed by atoms with Crippen LogP contribution in [-0.2, 0) is 0 Å². The monoisotopic (exact) mass is 307 g/mol. The number of nitriles is 1. The lowest BCUT2D eigenvalue weighted by Crippen LogP contribution is -2.00. The summed E-state index contributed by atoms with van der Waals surface area (Å²) in [5.74, 6) is -0.586. The first-order valence-electron chi connectivity index (χ1n) is 5.41. The number of ether oxygens (including phenoxy) is 1. The lowest BCUT2D eigenvalue weighted by molar-refractivity contribution is 0.0696. The fourth-order valence-electron chi connectivity index (χ4n) is 1.55. The van der Waals surface area contributed by atoms with Gasteiger partial charge in [0.25, 0.3) is 0 Å². The third-order valence-electron chi connectivity index (χ3n) is 2.46. The minimum atomic E-state index is -1.20. The Labute approximate surface area is 124 Å². The van der Waals surface area contributed by atoms with Gasteiger partial charge in [-0.05, 0) is 36.4 Å². The van der Waals surface area contributed by atoms with Crippen LogP contribution in [0, 0.1) is 11.3 Å². The van der Waals surface area contributed by atoms with E-state index < -0.39 is 5.97 Å². The van der Waals surface area contributed by atoms with Gasteiger partial charge in [-0.1, -0.05) is 23.2 Å². The Hall–Kier alpha value is -2.22. The van der Waals surface area contributed by atoms with Gasteiger partial charge < -0.3 is 9.84 Å². The van der Waals surface area contributed by atoms with Crippen LogP contribution < -0.4 is 4.74 Å². The molecule has 0 aliphatic heterocycles. The van der Waals surface area contributed by atoms with Crippen LogP contribution in [0.5, 0.6) is 11.5 Å². The number of benzene rings is 2. The Morgan fingerprint density at radius 2 is 1.95 bits per heavy atom. The average molecular weight is 308 g/mol. The Morgan fingerprint density at radius 1 is 1.20 bits per heavy atom. The normalized spacial score (nSPS) is 9.85. The summed E-state index contributed by atoms with van der Waals surface area (Å²) in [6, 6.07) is 10.6. The zero-order chi connectivity index (χ0) is 14.7. The van der Waals surface area contributed by atoms with Gasteiger partial charge in [0.2, 0.25) is 0 Å².